The van der Waals surface area contributed by atoms with Gasteiger partial charge in [-0.25, -0.2) is 19.9 Å². The molecule has 0 spiro atoms. The van der Waals surface area contributed by atoms with Crippen molar-refractivity contribution in [1.29, 1.82) is 0 Å². The fraction of sp³-hybridized carbons (Fsp3) is 0.667. The fourth-order valence-corrected chi connectivity index (χ4v) is 4.09. The number of hydrogen-bond acceptors (Lipinski definition) is 9. The highest BCUT2D eigenvalue weighted by atomic mass is 32.2. The molecule has 2 aliphatic rings. The number of rotatable bonds is 3. The molecule has 40 heavy (non-hydrogen) atoms. The number of anilines is 1. The molecule has 2 aromatic rings. The third-order valence-electron chi connectivity index (χ3n) is 5.09. The van der Waals surface area contributed by atoms with Crippen molar-refractivity contribution < 1.29 is 35.3 Å². The Kier molecular flexibility index (Phi) is 16.8. The molecule has 0 bridgehead atoms. The number of alkyl halides is 6. The van der Waals surface area contributed by atoms with Gasteiger partial charge in [0.05, 0.1) is 24.0 Å². The highest BCUT2D eigenvalue weighted by molar-refractivity contribution is 7.98. The van der Waals surface area contributed by atoms with E-state index in [0.29, 0.717) is 32.0 Å². The van der Waals surface area contributed by atoms with Gasteiger partial charge in [-0.3, -0.25) is 4.21 Å². The van der Waals surface area contributed by atoms with Crippen LogP contribution in [0, 0.1) is 6.92 Å². The molecule has 0 aliphatic carbocycles. The number of hydrogen-bond donors (Lipinski definition) is 1. The summed E-state index contributed by atoms with van der Waals surface area (Å²) in [6, 6.07) is 1.81. The summed E-state index contributed by atoms with van der Waals surface area (Å²) in [4.78, 5) is 16.1. The molecule has 0 radical (unpaired) electrons. The number of aryl methyl sites for hydroxylation is 1. The van der Waals surface area contributed by atoms with Gasteiger partial charge in [-0.15, -0.1) is 0 Å². The first kappa shape index (κ1) is 38.0. The van der Waals surface area contributed by atoms with E-state index in [9.17, 15) is 30.6 Å². The molecule has 1 atom stereocenters. The summed E-state index contributed by atoms with van der Waals surface area (Å²) in [6.45, 7) is 5.76. The lowest BCUT2D eigenvalue weighted by Crippen LogP contribution is -2.37. The van der Waals surface area contributed by atoms with Crippen LogP contribution in [-0.2, 0) is 27.9 Å². The van der Waals surface area contributed by atoms with Gasteiger partial charge in [0.1, 0.15) is 11.5 Å². The summed E-state index contributed by atoms with van der Waals surface area (Å²) in [5.41, 5.74) is -1.63. The molecule has 2 aliphatic heterocycles. The molecule has 2 aromatic heterocycles. The van der Waals surface area contributed by atoms with E-state index in [1.54, 1.807) is 11.2 Å². The number of nitrogens with zero attached hydrogens (tertiary/aromatic N) is 5. The van der Waals surface area contributed by atoms with Gasteiger partial charge >= 0.3 is 12.4 Å². The molecule has 1 unspecified atom stereocenters. The molecule has 0 aromatic carbocycles. The lowest BCUT2D eigenvalue weighted by Gasteiger charge is -2.28. The van der Waals surface area contributed by atoms with Gasteiger partial charge in [0, 0.05) is 31.1 Å². The largest absolute Gasteiger partial charge is 0.433 e. The minimum absolute atomic E-state index is 0. The van der Waals surface area contributed by atoms with Crippen LogP contribution in [-0.4, -0.2) is 76.0 Å². The number of nitrogens with one attached hydrogen (secondary N) is 1. The van der Waals surface area contributed by atoms with Crippen LogP contribution in [0.4, 0.5) is 32.2 Å². The maximum absolute atomic E-state index is 12.7. The first-order valence-electron chi connectivity index (χ1n) is 11.6. The van der Waals surface area contributed by atoms with E-state index < -0.39 is 34.5 Å². The first-order valence-corrected chi connectivity index (χ1v) is 14.4. The smallest absolute Gasteiger partial charge is 0.378 e. The lowest BCUT2D eigenvalue weighted by molar-refractivity contribution is -0.142. The van der Waals surface area contributed by atoms with Gasteiger partial charge in [-0.2, -0.15) is 26.3 Å². The highest BCUT2D eigenvalue weighted by Gasteiger charge is 2.35. The fourth-order valence-electron chi connectivity index (χ4n) is 3.22. The summed E-state index contributed by atoms with van der Waals surface area (Å²) in [5, 5.41) is 3.12. The molecule has 8 nitrogen and oxygen atoms in total. The second-order valence-electron chi connectivity index (χ2n) is 8.13. The predicted molar refractivity (Wildman–Crippen MR) is 146 cm³/mol. The summed E-state index contributed by atoms with van der Waals surface area (Å²) in [5.74, 6) is 0.135. The van der Waals surface area contributed by atoms with Crippen LogP contribution in [0.5, 0.6) is 0 Å². The zero-order valence-electron chi connectivity index (χ0n) is 21.2. The van der Waals surface area contributed by atoms with E-state index in [0.717, 1.165) is 23.9 Å². The zero-order chi connectivity index (χ0) is 28.3. The summed E-state index contributed by atoms with van der Waals surface area (Å²) >= 11 is 1.09. The SMILES string of the molecule is C.C.C1CCNCC1.CS(=O)c1nc(N2CCOCC2)cc(C(F)(F)F)n1.CSc1nc(C)cc(C(F)(F)F)n1. The molecule has 1 N–H and O–H groups in total. The van der Waals surface area contributed by atoms with Crippen LogP contribution in [0.2, 0.25) is 0 Å². The van der Waals surface area contributed by atoms with Crippen LogP contribution in [0.1, 0.15) is 51.2 Å². The van der Waals surface area contributed by atoms with Crippen LogP contribution in [0.15, 0.2) is 22.4 Å². The van der Waals surface area contributed by atoms with E-state index in [4.69, 9.17) is 4.74 Å². The van der Waals surface area contributed by atoms with Crippen LogP contribution in [0.3, 0.4) is 0 Å². The number of ether oxygens (including phenoxy) is 1. The molecule has 0 amide bonds. The van der Waals surface area contributed by atoms with E-state index in [-0.39, 0.29) is 31.0 Å². The minimum Gasteiger partial charge on any atom is -0.378 e. The molecule has 2 fully saturated rings. The molecule has 4 rings (SSSR count). The molecule has 16 heteroatoms. The van der Waals surface area contributed by atoms with Crippen LogP contribution < -0.4 is 10.2 Å². The van der Waals surface area contributed by atoms with Crippen molar-refractivity contribution in [2.45, 2.75) is 63.7 Å². The van der Waals surface area contributed by atoms with Gasteiger partial charge < -0.3 is 15.0 Å². The molecule has 230 valence electrons. The number of aromatic nitrogens is 4. The molecular weight excluding hydrogens is 582 g/mol. The van der Waals surface area contributed by atoms with E-state index >= 15 is 0 Å². The maximum Gasteiger partial charge on any atom is 0.433 e. The Bertz CT molecular complexity index is 1040. The van der Waals surface area contributed by atoms with E-state index in [1.165, 1.54) is 45.5 Å². The number of thioether (sulfide) groups is 1. The average Bonchev–Trinajstić information content (AvgIpc) is 2.89. The molecular formula is C24H38F6N6O2S2. The number of halogens is 6. The van der Waals surface area contributed by atoms with Gasteiger partial charge in [-0.1, -0.05) is 33.0 Å². The van der Waals surface area contributed by atoms with E-state index in [2.05, 4.69) is 25.3 Å². The van der Waals surface area contributed by atoms with Crippen LogP contribution in [0.25, 0.3) is 0 Å². The summed E-state index contributed by atoms with van der Waals surface area (Å²) in [7, 11) is -1.67. The minimum atomic E-state index is -4.59. The van der Waals surface area contributed by atoms with Crippen molar-refractivity contribution >= 4 is 28.4 Å². The highest BCUT2D eigenvalue weighted by Crippen LogP contribution is 2.30. The standard InChI is InChI=1S/C10H12F3N3O2S.C7H7F3N2S.C5H11N.2CH4/c1-19(17)9-14-7(10(11,12)13)6-8(15-9)16-2-4-18-5-3-16;1-4-3-5(7(8,9)10)12-6(11-4)13-2;1-2-4-6-5-3-1;;/h6H,2-5H2,1H3;3H,1-2H3;6H,1-5H2;2*1H4. The van der Waals surface area contributed by atoms with E-state index in [1.807, 2.05) is 0 Å². The second-order valence-corrected chi connectivity index (χ2v) is 10.2. The molecule has 4 heterocycles. The molecule has 2 saturated heterocycles. The number of morpholine rings is 1. The monoisotopic (exact) mass is 620 g/mol. The van der Waals surface area contributed by atoms with Crippen molar-refractivity contribution in [3.63, 3.8) is 0 Å². The van der Waals surface area contributed by atoms with Crippen molar-refractivity contribution in [3.05, 3.63) is 29.2 Å². The average molecular weight is 621 g/mol. The Hall–Kier alpha value is -2.04. The van der Waals surface area contributed by atoms with Crippen LogP contribution >= 0.6 is 11.8 Å². The Morgan fingerprint density at radius 2 is 1.45 bits per heavy atom. The zero-order valence-corrected chi connectivity index (χ0v) is 22.8. The van der Waals surface area contributed by atoms with Crippen molar-refractivity contribution in [2.24, 2.45) is 0 Å². The normalized spacial score (nSPS) is 16.2. The second kappa shape index (κ2) is 17.7. The van der Waals surface area contributed by atoms with Crippen molar-refractivity contribution in [2.75, 3.05) is 56.8 Å². The third-order valence-corrected chi connectivity index (χ3v) is 6.33. The summed E-state index contributed by atoms with van der Waals surface area (Å²) < 4.78 is 91.3. The Morgan fingerprint density at radius 1 is 0.900 bits per heavy atom. The molecule has 0 saturated carbocycles. The third kappa shape index (κ3) is 13.1. The Balaban J connectivity index is 0.000000628. The summed E-state index contributed by atoms with van der Waals surface area (Å²) in [6.07, 6.45) is -1.88. The quantitative estimate of drug-likeness (QED) is 0.266. The van der Waals surface area contributed by atoms with Gasteiger partial charge in [0.25, 0.3) is 0 Å². The number of piperidine rings is 1. The predicted octanol–water partition coefficient (Wildman–Crippen LogP) is 5.63. The van der Waals surface area contributed by atoms with Crippen molar-refractivity contribution in [1.82, 2.24) is 25.3 Å². The van der Waals surface area contributed by atoms with Gasteiger partial charge in [0.15, 0.2) is 10.9 Å². The Labute approximate surface area is 238 Å². The lowest BCUT2D eigenvalue weighted by atomic mass is 10.2. The maximum atomic E-state index is 12.7. The van der Waals surface area contributed by atoms with Gasteiger partial charge in [0.2, 0.25) is 5.16 Å². The first-order chi connectivity index (χ1) is 17.8. The topological polar surface area (TPSA) is 93.1 Å². The van der Waals surface area contributed by atoms with Crippen molar-refractivity contribution in [3.8, 4) is 0 Å². The van der Waals surface area contributed by atoms with Gasteiger partial charge in [-0.05, 0) is 45.2 Å². The Morgan fingerprint density at radius 3 is 1.88 bits per heavy atom.